The third-order valence-corrected chi connectivity index (χ3v) is 5.73. The van der Waals surface area contributed by atoms with Crippen molar-refractivity contribution in [1.82, 2.24) is 4.98 Å². The van der Waals surface area contributed by atoms with E-state index in [-0.39, 0.29) is 17.9 Å². The Morgan fingerprint density at radius 3 is 2.95 bits per heavy atom. The van der Waals surface area contributed by atoms with Gasteiger partial charge in [0, 0.05) is 32.3 Å². The molecule has 0 aliphatic heterocycles. The van der Waals surface area contributed by atoms with Gasteiger partial charge in [-0.25, -0.2) is 0 Å². The predicted molar refractivity (Wildman–Crippen MR) is 91.2 cm³/mol. The highest BCUT2D eigenvalue weighted by Gasteiger charge is 2.20. The van der Waals surface area contributed by atoms with Gasteiger partial charge in [0.25, 0.3) is 0 Å². The summed E-state index contributed by atoms with van der Waals surface area (Å²) in [5.74, 6) is 0. The molecule has 1 aromatic heterocycles. The minimum atomic E-state index is -0.293. The van der Waals surface area contributed by atoms with E-state index in [1.54, 1.807) is 34.7 Å². The van der Waals surface area contributed by atoms with E-state index in [9.17, 15) is 5.11 Å². The van der Waals surface area contributed by atoms with Gasteiger partial charge >= 0.3 is 0 Å². The van der Waals surface area contributed by atoms with Crippen LogP contribution in [0.5, 0.6) is 0 Å². The van der Waals surface area contributed by atoms with Crippen LogP contribution in [-0.2, 0) is 6.42 Å². The van der Waals surface area contributed by atoms with Gasteiger partial charge in [-0.3, -0.25) is 4.98 Å². The summed E-state index contributed by atoms with van der Waals surface area (Å²) in [7, 11) is 0. The van der Waals surface area contributed by atoms with E-state index in [0.29, 0.717) is 17.9 Å². The highest BCUT2D eigenvalue weighted by atomic mass is 35.5. The minimum absolute atomic E-state index is 0.0591. The lowest BCUT2D eigenvalue weighted by atomic mass is 10.1. The fourth-order valence-electron chi connectivity index (χ4n) is 1.98. The molecule has 0 amide bonds. The monoisotopic (exact) mass is 353 g/mol. The topological polar surface area (TPSA) is 82.9 Å². The lowest BCUT2D eigenvalue weighted by Crippen LogP contribution is -2.25. The maximum atomic E-state index is 9.22. The number of halogens is 1. The molecule has 0 radical (unpaired) electrons. The van der Waals surface area contributed by atoms with Crippen molar-refractivity contribution in [1.29, 1.82) is 5.26 Å². The number of aromatic nitrogens is 1. The average molecular weight is 354 g/mol. The van der Waals surface area contributed by atoms with E-state index in [2.05, 4.69) is 11.1 Å². The number of thiazole rings is 1. The standard InChI is InChI=1S/C15H16ClN3OS2/c16-11-2-1-10(3-4-17)13(5-11)22-14(6-12(18)8-20)15-7-19-9-21-15/h1-2,5,7,9,12,14,20H,3,6,8,18H2/t12-,14+/m0/s1. The van der Waals surface area contributed by atoms with E-state index >= 15 is 0 Å². The molecule has 2 aromatic rings. The highest BCUT2D eigenvalue weighted by Crippen LogP contribution is 2.42. The first-order chi connectivity index (χ1) is 10.6. The van der Waals surface area contributed by atoms with E-state index in [0.717, 1.165) is 15.3 Å². The number of hydrogen-bond acceptors (Lipinski definition) is 6. The van der Waals surface area contributed by atoms with Crippen LogP contribution in [0.2, 0.25) is 5.02 Å². The molecule has 0 saturated heterocycles. The molecular weight excluding hydrogens is 338 g/mol. The Kier molecular flexibility index (Phi) is 6.68. The highest BCUT2D eigenvalue weighted by molar-refractivity contribution is 7.99. The SMILES string of the molecule is N#CCc1ccc(Cl)cc1S[C@H](C[C@H](N)CO)c1cncs1. The lowest BCUT2D eigenvalue weighted by Gasteiger charge is -2.19. The number of aliphatic hydroxyl groups excluding tert-OH is 1. The summed E-state index contributed by atoms with van der Waals surface area (Å²) in [5.41, 5.74) is 8.63. The zero-order chi connectivity index (χ0) is 15.9. The van der Waals surface area contributed by atoms with Gasteiger partial charge in [-0.2, -0.15) is 5.26 Å². The molecule has 2 atom stereocenters. The predicted octanol–water partition coefficient (Wildman–Crippen LogP) is 3.41. The van der Waals surface area contributed by atoms with Crippen LogP contribution in [-0.4, -0.2) is 22.7 Å². The first kappa shape index (κ1) is 17.3. The van der Waals surface area contributed by atoms with Crippen LogP contribution < -0.4 is 5.73 Å². The molecular formula is C15H16ClN3OS2. The van der Waals surface area contributed by atoms with Gasteiger partial charge in [0.15, 0.2) is 0 Å². The Balaban J connectivity index is 2.27. The second kappa shape index (κ2) is 8.51. The Morgan fingerprint density at radius 1 is 1.50 bits per heavy atom. The Morgan fingerprint density at radius 2 is 2.32 bits per heavy atom. The third kappa shape index (κ3) is 4.70. The number of benzene rings is 1. The number of thioether (sulfide) groups is 1. The van der Waals surface area contributed by atoms with Crippen LogP contribution >= 0.6 is 34.7 Å². The van der Waals surface area contributed by atoms with Gasteiger partial charge in [0.05, 0.1) is 24.6 Å². The minimum Gasteiger partial charge on any atom is -0.395 e. The Labute approximate surface area is 142 Å². The van der Waals surface area contributed by atoms with Crippen molar-refractivity contribution >= 4 is 34.7 Å². The van der Waals surface area contributed by atoms with Gasteiger partial charge in [-0.1, -0.05) is 17.7 Å². The number of hydrogen-bond donors (Lipinski definition) is 2. The first-order valence-corrected chi connectivity index (χ1v) is 8.84. The van der Waals surface area contributed by atoms with Crippen LogP contribution in [0.25, 0.3) is 0 Å². The quantitative estimate of drug-likeness (QED) is 0.745. The Hall–Kier alpha value is -1.10. The van der Waals surface area contributed by atoms with Gasteiger partial charge in [0.1, 0.15) is 0 Å². The van der Waals surface area contributed by atoms with E-state index in [1.807, 2.05) is 18.3 Å². The summed E-state index contributed by atoms with van der Waals surface area (Å²) in [4.78, 5) is 6.18. The van der Waals surface area contributed by atoms with Gasteiger partial charge in [-0.05, 0) is 24.1 Å². The summed E-state index contributed by atoms with van der Waals surface area (Å²) in [5, 5.41) is 18.9. The Bertz CT molecular complexity index is 643. The molecule has 0 aliphatic rings. The van der Waals surface area contributed by atoms with E-state index in [1.165, 1.54) is 0 Å². The van der Waals surface area contributed by atoms with Crippen LogP contribution in [0, 0.1) is 11.3 Å². The molecule has 22 heavy (non-hydrogen) atoms. The van der Waals surface area contributed by atoms with Crippen LogP contribution in [0.15, 0.2) is 34.8 Å². The summed E-state index contributed by atoms with van der Waals surface area (Å²) >= 11 is 9.26. The second-order valence-corrected chi connectivity index (χ2v) is 7.37. The molecule has 0 spiro atoms. The number of nitrogens with zero attached hydrogens (tertiary/aromatic N) is 2. The molecule has 0 aliphatic carbocycles. The fraction of sp³-hybridized carbons (Fsp3) is 0.333. The van der Waals surface area contributed by atoms with E-state index in [4.69, 9.17) is 22.6 Å². The number of rotatable bonds is 7. The van der Waals surface area contributed by atoms with Crippen molar-refractivity contribution in [3.8, 4) is 6.07 Å². The van der Waals surface area contributed by atoms with E-state index < -0.39 is 0 Å². The molecule has 1 aromatic carbocycles. The third-order valence-electron chi connectivity index (χ3n) is 3.09. The summed E-state index contributed by atoms with van der Waals surface area (Å²) < 4.78 is 0. The molecule has 3 N–H and O–H groups in total. The molecule has 0 unspecified atom stereocenters. The average Bonchev–Trinajstić information content (AvgIpc) is 3.03. The number of nitriles is 1. The molecule has 4 nitrogen and oxygen atoms in total. The molecule has 2 rings (SSSR count). The van der Waals surface area contributed by atoms with Crippen LogP contribution in [0.1, 0.15) is 22.1 Å². The first-order valence-electron chi connectivity index (χ1n) is 6.71. The number of aliphatic hydroxyl groups is 1. The lowest BCUT2D eigenvalue weighted by molar-refractivity contribution is 0.260. The zero-order valence-electron chi connectivity index (χ0n) is 11.8. The summed E-state index contributed by atoms with van der Waals surface area (Å²) in [6, 6.07) is 7.42. The summed E-state index contributed by atoms with van der Waals surface area (Å²) in [6.45, 7) is -0.0591. The van der Waals surface area contributed by atoms with Crippen molar-refractivity contribution in [2.45, 2.75) is 29.0 Å². The maximum absolute atomic E-state index is 9.22. The van der Waals surface area contributed by atoms with Crippen molar-refractivity contribution in [2.24, 2.45) is 5.73 Å². The largest absolute Gasteiger partial charge is 0.395 e. The van der Waals surface area contributed by atoms with Crippen molar-refractivity contribution in [2.75, 3.05) is 6.61 Å². The van der Waals surface area contributed by atoms with Crippen molar-refractivity contribution < 1.29 is 5.11 Å². The van der Waals surface area contributed by atoms with Crippen LogP contribution in [0.3, 0.4) is 0 Å². The van der Waals surface area contributed by atoms with Gasteiger partial charge in [-0.15, -0.1) is 23.1 Å². The maximum Gasteiger partial charge on any atom is 0.0794 e. The van der Waals surface area contributed by atoms with Gasteiger partial charge in [0.2, 0.25) is 0 Å². The fourth-order valence-corrected chi connectivity index (χ4v) is 4.45. The molecule has 1 heterocycles. The van der Waals surface area contributed by atoms with Gasteiger partial charge < -0.3 is 10.8 Å². The molecule has 0 saturated carbocycles. The van der Waals surface area contributed by atoms with Crippen molar-refractivity contribution in [3.63, 3.8) is 0 Å². The van der Waals surface area contributed by atoms with Crippen molar-refractivity contribution in [3.05, 3.63) is 45.4 Å². The molecule has 0 bridgehead atoms. The summed E-state index contributed by atoms with van der Waals surface area (Å²) in [6.07, 6.45) is 2.78. The molecule has 7 heteroatoms. The second-order valence-electron chi connectivity index (χ2n) is 4.78. The number of nitrogens with two attached hydrogens (primary N) is 1. The normalized spacial score (nSPS) is 13.5. The zero-order valence-corrected chi connectivity index (χ0v) is 14.2. The van der Waals surface area contributed by atoms with Crippen LogP contribution in [0.4, 0.5) is 0 Å². The molecule has 116 valence electrons. The molecule has 0 fully saturated rings. The smallest absolute Gasteiger partial charge is 0.0794 e.